The minimum Gasteiger partial charge on any atom is -0.465 e. The maximum absolute atomic E-state index is 13.1. The summed E-state index contributed by atoms with van der Waals surface area (Å²) in [7, 11) is 0. The molecule has 546 valence electrons. The number of fused-ring (bicyclic) bond motifs is 11. The van der Waals surface area contributed by atoms with Crippen LogP contribution in [0.15, 0.2) is 0 Å². The average Bonchev–Trinajstić information content (AvgIpc) is 1.46. The molecule has 17 heteroatoms. The molecule has 0 spiro atoms. The SMILES string of the molecule is CC(=O)CC(C)(C)OC(=O)C1CC2CC1C(C)C2C.CC(=O)OC1CC2CC1C1C(C)C(C)CC21.CC1C(=O)OC(=O)C1C.CC1C(=O)OC(=O)C1C.CC1C2CC(C(=O)OC3(C)C4CC5CC(C4)CC3C5)C(C2)C1C.CC1C2CC(C(=O)OCCC(=O)OC(C)(C)C)C(C2)C1C. The van der Waals surface area contributed by atoms with Crippen LogP contribution in [-0.4, -0.2) is 89.0 Å². The van der Waals surface area contributed by atoms with Crippen LogP contribution < -0.4 is 0 Å². The van der Waals surface area contributed by atoms with E-state index in [4.69, 9.17) is 23.7 Å². The van der Waals surface area contributed by atoms with Crippen molar-refractivity contribution in [1.82, 2.24) is 0 Å². The molecule has 0 radical (unpaired) electrons. The fourth-order valence-electron chi connectivity index (χ4n) is 22.3. The van der Waals surface area contributed by atoms with Crippen molar-refractivity contribution in [2.45, 2.75) is 264 Å². The predicted octanol–water partition coefficient (Wildman–Crippen LogP) is 14.6. The van der Waals surface area contributed by atoms with E-state index in [1.807, 2.05) is 34.6 Å². The van der Waals surface area contributed by atoms with Crippen molar-refractivity contribution in [2.24, 2.45) is 172 Å². The normalized spacial score (nSPS) is 44.4. The first-order valence-electron chi connectivity index (χ1n) is 38.2. The number of esters is 9. The molecule has 0 aromatic rings. The summed E-state index contributed by atoms with van der Waals surface area (Å²) >= 11 is 0. The van der Waals surface area contributed by atoms with Gasteiger partial charge in [0.15, 0.2) is 0 Å². The van der Waals surface area contributed by atoms with Crippen molar-refractivity contribution in [1.29, 1.82) is 0 Å². The van der Waals surface area contributed by atoms with Gasteiger partial charge in [0.2, 0.25) is 0 Å². The van der Waals surface area contributed by atoms with Crippen LogP contribution in [0.3, 0.4) is 0 Å². The Morgan fingerprint density at radius 2 is 0.866 bits per heavy atom. The van der Waals surface area contributed by atoms with Gasteiger partial charge in [0.1, 0.15) is 35.3 Å². The quantitative estimate of drug-likeness (QED) is 0.106. The Morgan fingerprint density at radius 1 is 0.454 bits per heavy atom. The third-order valence-corrected chi connectivity index (χ3v) is 28.7. The lowest BCUT2D eigenvalue weighted by Crippen LogP contribution is -2.58. The van der Waals surface area contributed by atoms with Crippen LogP contribution in [0, 0.1) is 172 Å². The Labute approximate surface area is 580 Å². The maximum atomic E-state index is 13.1. The fraction of sp³-hybridized carbons (Fsp3) is 0.875. The zero-order chi connectivity index (χ0) is 71.6. The summed E-state index contributed by atoms with van der Waals surface area (Å²) < 4.78 is 36.6. The van der Waals surface area contributed by atoms with E-state index >= 15 is 0 Å². The highest BCUT2D eigenvalue weighted by Gasteiger charge is 2.61. The van der Waals surface area contributed by atoms with Crippen LogP contribution in [0.5, 0.6) is 0 Å². The standard InChI is InChI=1S/C21H32O2.C17H28O4.C16H26O3.C14H22O2.2C6H8O3/c1-11-12(2)18-9-15(11)10-19(18)20(22)23-21(3)16-5-13-4-14(7-16)8-17(21)6-13;1-10-11(2)13-8-12(10)9-14(13)16(19)20-7-6-15(18)21-17(3,4)5;1-9(17)8-16(4,5)19-15(18)14-7-12-6-13(14)11(3)10(12)2;1-7-4-11-10-5-12(14(11)8(7)2)13(6-10)16-9(3)15;2*1-3-4(2)6(8)9-5(3)7/h11-19H,4-10H2,1-3H3;10-14H,6-9H2,1-5H3;10-14H,6-8H2,1-5H3;7-8,10-14H,4-6H2,1-3H3;2*3-4H,1-2H3. The van der Waals surface area contributed by atoms with Crippen LogP contribution in [0.2, 0.25) is 0 Å². The van der Waals surface area contributed by atoms with E-state index in [1.165, 1.54) is 64.7 Å². The third kappa shape index (κ3) is 16.6. The van der Waals surface area contributed by atoms with Gasteiger partial charge in [0.25, 0.3) is 0 Å². The second kappa shape index (κ2) is 30.1. The van der Waals surface area contributed by atoms with Crippen molar-refractivity contribution < 1.29 is 81.1 Å². The van der Waals surface area contributed by atoms with Crippen LogP contribution in [0.25, 0.3) is 0 Å². The van der Waals surface area contributed by atoms with Crippen molar-refractivity contribution in [2.75, 3.05) is 6.61 Å². The summed E-state index contributed by atoms with van der Waals surface area (Å²) in [4.78, 5) is 114. The topological polar surface area (TPSA) is 235 Å². The Kier molecular flexibility index (Phi) is 23.7. The maximum Gasteiger partial charge on any atom is 0.317 e. The lowest BCUT2D eigenvalue weighted by Gasteiger charge is -2.59. The zero-order valence-corrected chi connectivity index (χ0v) is 62.8. The molecule has 2 aliphatic heterocycles. The van der Waals surface area contributed by atoms with Gasteiger partial charge in [-0.2, -0.15) is 0 Å². The average molecular weight is 1360 g/mol. The lowest BCUT2D eigenvalue weighted by atomic mass is 9.50. The number of hydrogen-bond acceptors (Lipinski definition) is 17. The Morgan fingerprint density at radius 3 is 1.24 bits per heavy atom. The molecule has 15 aliphatic rings. The van der Waals surface area contributed by atoms with Crippen LogP contribution in [0.1, 0.15) is 241 Å². The van der Waals surface area contributed by atoms with Gasteiger partial charge in [-0.25, -0.2) is 0 Å². The van der Waals surface area contributed by atoms with Crippen molar-refractivity contribution in [3.05, 3.63) is 0 Å². The summed E-state index contributed by atoms with van der Waals surface area (Å²) in [6.45, 7) is 40.0. The minimum absolute atomic E-state index is 0.0415. The van der Waals surface area contributed by atoms with E-state index in [9.17, 15) is 47.9 Å². The van der Waals surface area contributed by atoms with Crippen molar-refractivity contribution in [3.63, 3.8) is 0 Å². The number of Topliss-reactive ketones (excluding diaryl/α,β-unsaturated/α-hetero) is 1. The van der Waals surface area contributed by atoms with E-state index in [-0.39, 0.29) is 102 Å². The highest BCUT2D eigenvalue weighted by Crippen LogP contribution is 2.64. The molecule has 2 saturated heterocycles. The first-order valence-corrected chi connectivity index (χ1v) is 38.2. The van der Waals surface area contributed by atoms with Gasteiger partial charge in [0, 0.05) is 13.3 Å². The van der Waals surface area contributed by atoms with Crippen LogP contribution in [0.4, 0.5) is 0 Å². The summed E-state index contributed by atoms with van der Waals surface area (Å²) in [5.41, 5.74) is -1.29. The fourth-order valence-corrected chi connectivity index (χ4v) is 22.3. The van der Waals surface area contributed by atoms with E-state index in [0.717, 1.165) is 97.2 Å². The van der Waals surface area contributed by atoms with Gasteiger partial charge in [-0.1, -0.05) is 83.1 Å². The summed E-state index contributed by atoms with van der Waals surface area (Å²) in [6.07, 6.45) is 18.0. The van der Waals surface area contributed by atoms with E-state index < -0.39 is 35.1 Å². The number of ether oxygens (including phenoxy) is 7. The first kappa shape index (κ1) is 76.5. The highest BCUT2D eigenvalue weighted by atomic mass is 16.6. The molecule has 26 atom stereocenters. The molecular weight excluding hydrogens is 1230 g/mol. The molecule has 13 aliphatic carbocycles. The molecule has 0 aromatic heterocycles. The Balaban J connectivity index is 0.000000140. The number of hydrogen-bond donors (Lipinski definition) is 0. The highest BCUT2D eigenvalue weighted by molar-refractivity contribution is 5.96. The summed E-state index contributed by atoms with van der Waals surface area (Å²) in [5.74, 6) is 13.4. The van der Waals surface area contributed by atoms with Gasteiger partial charge >= 0.3 is 53.7 Å². The second-order valence-electron chi connectivity index (χ2n) is 36.1. The number of rotatable bonds is 11. The predicted molar refractivity (Wildman–Crippen MR) is 363 cm³/mol. The van der Waals surface area contributed by atoms with Crippen LogP contribution >= 0.6 is 0 Å². The molecule has 97 heavy (non-hydrogen) atoms. The first-order chi connectivity index (χ1) is 45.2. The second-order valence-corrected chi connectivity index (χ2v) is 36.1. The molecule has 15 rings (SSSR count). The zero-order valence-electron chi connectivity index (χ0n) is 62.8. The smallest absolute Gasteiger partial charge is 0.317 e. The van der Waals surface area contributed by atoms with Gasteiger partial charge in [-0.15, -0.1) is 0 Å². The summed E-state index contributed by atoms with van der Waals surface area (Å²) in [5, 5.41) is 0. The monoisotopic (exact) mass is 1360 g/mol. The van der Waals surface area contributed by atoms with E-state index in [2.05, 4.69) is 71.8 Å². The number of carbonyl (C=O) groups excluding carboxylic acids is 10. The largest absolute Gasteiger partial charge is 0.465 e. The molecule has 13 saturated carbocycles. The van der Waals surface area contributed by atoms with Crippen molar-refractivity contribution in [3.8, 4) is 0 Å². The number of cyclic esters (lactones) is 4. The van der Waals surface area contributed by atoms with E-state index in [1.54, 1.807) is 34.6 Å². The van der Waals surface area contributed by atoms with Gasteiger partial charge in [-0.3, -0.25) is 47.9 Å². The van der Waals surface area contributed by atoms with Gasteiger partial charge < -0.3 is 33.2 Å². The molecule has 17 nitrogen and oxygen atoms in total. The molecule has 0 aromatic carbocycles. The third-order valence-electron chi connectivity index (χ3n) is 28.7. The molecule has 2 heterocycles. The molecule has 12 bridgehead atoms. The molecule has 26 unspecified atom stereocenters. The summed E-state index contributed by atoms with van der Waals surface area (Å²) in [6, 6.07) is 0. The molecule has 15 fully saturated rings. The van der Waals surface area contributed by atoms with Crippen LogP contribution in [-0.2, 0) is 81.1 Å². The lowest BCUT2D eigenvalue weighted by molar-refractivity contribution is -0.209. The van der Waals surface area contributed by atoms with Gasteiger partial charge in [-0.05, 0) is 269 Å². The minimum atomic E-state index is -0.667. The molecular formula is C80H124O17. The Bertz CT molecular complexity index is 2810. The Hall–Kier alpha value is -4.70. The van der Waals surface area contributed by atoms with E-state index in [0.29, 0.717) is 71.5 Å². The number of ketones is 1. The number of carbonyl (C=O) groups is 10. The van der Waals surface area contributed by atoms with Gasteiger partial charge in [0.05, 0.1) is 47.8 Å². The molecule has 0 amide bonds. The van der Waals surface area contributed by atoms with Crippen molar-refractivity contribution >= 4 is 59.5 Å². The molecule has 0 N–H and O–H groups in total.